The minimum atomic E-state index is -0.727. The van der Waals surface area contributed by atoms with Gasteiger partial charge < -0.3 is 13.1 Å². The second kappa shape index (κ2) is 2.49. The minimum Gasteiger partial charge on any atom is -0.585 e. The van der Waals surface area contributed by atoms with Gasteiger partial charge in [-0.1, -0.05) is 6.44 Å². The molecule has 0 aliphatic carbocycles. The van der Waals surface area contributed by atoms with E-state index < -0.39 is 7.12 Å². The van der Waals surface area contributed by atoms with Crippen LogP contribution in [0.25, 0.3) is 0 Å². The molecule has 0 aromatic heterocycles. The van der Waals surface area contributed by atoms with Gasteiger partial charge in [-0.05, 0) is 6.44 Å². The molecule has 3 radical (unpaired) electrons. The highest BCUT2D eigenvalue weighted by Crippen LogP contribution is 2.13. The van der Waals surface area contributed by atoms with E-state index in [2.05, 4.69) is 7.41 Å². The van der Waals surface area contributed by atoms with Crippen LogP contribution >= 0.6 is 0 Å². The molecule has 1 fully saturated rings. The fraction of sp³-hybridized carbons (Fsp3) is 1.00. The lowest BCUT2D eigenvalue weighted by atomic mass is 9.66. The highest BCUT2D eigenvalue weighted by Gasteiger charge is 2.28. The highest BCUT2D eigenvalue weighted by molar-refractivity contribution is 6.46. The van der Waals surface area contributed by atoms with Crippen molar-refractivity contribution in [1.29, 1.82) is 0 Å². The zero-order chi connectivity index (χ0) is 8.70. The standard InChI is InChI=1S/C6H16B2FN2/c1-10(2)6-8(9)11(3,4)5-7-10/h5-6H2,1-4H3. The molecular formula is C6H16B2FN2. The van der Waals surface area contributed by atoms with Gasteiger partial charge in [0.25, 0.3) is 0 Å². The van der Waals surface area contributed by atoms with Gasteiger partial charge >= 0.3 is 7.12 Å². The van der Waals surface area contributed by atoms with Gasteiger partial charge in [0, 0.05) is 28.2 Å². The van der Waals surface area contributed by atoms with Gasteiger partial charge in [-0.25, -0.2) is 0 Å². The van der Waals surface area contributed by atoms with E-state index in [9.17, 15) is 4.32 Å². The summed E-state index contributed by atoms with van der Waals surface area (Å²) in [7, 11) is 9.36. The maximum Gasteiger partial charge on any atom is 0.365 e. The average molecular weight is 157 g/mol. The zero-order valence-electron chi connectivity index (χ0n) is 7.84. The Bertz CT molecular complexity index is 161. The molecule has 0 aromatic rings. The van der Waals surface area contributed by atoms with Gasteiger partial charge in [-0.2, -0.15) is 0 Å². The summed E-state index contributed by atoms with van der Waals surface area (Å²) in [5.41, 5.74) is 0. The van der Waals surface area contributed by atoms with Crippen LogP contribution in [0.1, 0.15) is 0 Å². The molecule has 63 valence electrons. The smallest absolute Gasteiger partial charge is 0.365 e. The Morgan fingerprint density at radius 1 is 1.27 bits per heavy atom. The van der Waals surface area contributed by atoms with E-state index in [1.807, 2.05) is 28.2 Å². The van der Waals surface area contributed by atoms with Crippen LogP contribution < -0.4 is 0 Å². The van der Waals surface area contributed by atoms with Crippen LogP contribution in [0.2, 0.25) is 0 Å². The first-order chi connectivity index (χ1) is 4.83. The molecule has 0 amide bonds. The lowest BCUT2D eigenvalue weighted by Crippen LogP contribution is -2.69. The van der Waals surface area contributed by atoms with Crippen molar-refractivity contribution in [3.05, 3.63) is 0 Å². The van der Waals surface area contributed by atoms with Crippen molar-refractivity contribution in [3.63, 3.8) is 0 Å². The maximum atomic E-state index is 13.4. The van der Waals surface area contributed by atoms with Crippen molar-refractivity contribution >= 4 is 14.5 Å². The molecule has 0 aromatic carbocycles. The Kier molecular flexibility index (Phi) is 2.05. The van der Waals surface area contributed by atoms with E-state index in [0.717, 1.165) is 6.44 Å². The molecule has 0 N–H and O–H groups in total. The van der Waals surface area contributed by atoms with E-state index in [1.165, 1.54) is 0 Å². The van der Waals surface area contributed by atoms with E-state index >= 15 is 0 Å². The maximum absolute atomic E-state index is 13.4. The summed E-state index contributed by atoms with van der Waals surface area (Å²) in [6.45, 7) is 0. The van der Waals surface area contributed by atoms with E-state index in [4.69, 9.17) is 0 Å². The summed E-state index contributed by atoms with van der Waals surface area (Å²) < 4.78 is 14.6. The molecule has 0 atom stereocenters. The molecule has 2 nitrogen and oxygen atoms in total. The van der Waals surface area contributed by atoms with Crippen LogP contribution in [-0.2, 0) is 0 Å². The van der Waals surface area contributed by atoms with Crippen LogP contribution in [0.3, 0.4) is 0 Å². The largest absolute Gasteiger partial charge is 0.585 e. The first kappa shape index (κ1) is 9.07. The monoisotopic (exact) mass is 157 g/mol. The number of halogens is 1. The fourth-order valence-electron chi connectivity index (χ4n) is 1.23. The first-order valence-corrected chi connectivity index (χ1v) is 3.97. The summed E-state index contributed by atoms with van der Waals surface area (Å²) in [5.74, 6) is 0. The van der Waals surface area contributed by atoms with Crippen LogP contribution in [0.15, 0.2) is 0 Å². The van der Waals surface area contributed by atoms with Gasteiger partial charge in [0.05, 0.1) is 7.41 Å². The van der Waals surface area contributed by atoms with Gasteiger partial charge in [0.15, 0.2) is 0 Å². The van der Waals surface area contributed by atoms with E-state index in [-0.39, 0.29) is 0 Å². The Morgan fingerprint density at radius 2 is 1.82 bits per heavy atom. The van der Waals surface area contributed by atoms with Gasteiger partial charge in [0.1, 0.15) is 0 Å². The summed E-state index contributed by atoms with van der Waals surface area (Å²) in [4.78, 5) is 0. The molecule has 1 saturated heterocycles. The summed E-state index contributed by atoms with van der Waals surface area (Å²) >= 11 is 0. The molecule has 5 heteroatoms. The highest BCUT2D eigenvalue weighted by atomic mass is 19.1. The third-order valence-corrected chi connectivity index (χ3v) is 2.43. The number of hydrogen-bond donors (Lipinski definition) is 0. The number of nitrogens with zero attached hydrogens (tertiary/aromatic N) is 2. The Labute approximate surface area is 69.6 Å². The first-order valence-electron chi connectivity index (χ1n) is 3.97. The van der Waals surface area contributed by atoms with Crippen molar-refractivity contribution in [1.82, 2.24) is 0 Å². The van der Waals surface area contributed by atoms with Crippen molar-refractivity contribution < 1.29 is 13.1 Å². The molecule has 11 heavy (non-hydrogen) atoms. The zero-order valence-corrected chi connectivity index (χ0v) is 7.84. The van der Waals surface area contributed by atoms with Crippen LogP contribution in [0, 0.1) is 0 Å². The van der Waals surface area contributed by atoms with E-state index in [1.54, 1.807) is 0 Å². The Hall–Kier alpha value is -0.0201. The molecule has 1 rings (SSSR count). The Balaban J connectivity index is 2.63. The fourth-order valence-corrected chi connectivity index (χ4v) is 1.23. The van der Waals surface area contributed by atoms with Crippen molar-refractivity contribution in [2.75, 3.05) is 41.1 Å². The molecule has 0 spiro atoms. The quantitative estimate of drug-likeness (QED) is 0.424. The second-order valence-electron chi connectivity index (χ2n) is 4.54. The summed E-state index contributed by atoms with van der Waals surface area (Å²) in [6.07, 6.45) is 1.40. The predicted molar refractivity (Wildman–Crippen MR) is 46.6 cm³/mol. The number of hydrogen-bond acceptors (Lipinski definition) is 0. The van der Waals surface area contributed by atoms with Crippen molar-refractivity contribution in [2.45, 2.75) is 0 Å². The van der Waals surface area contributed by atoms with Crippen molar-refractivity contribution in [2.24, 2.45) is 0 Å². The SMILES string of the molecule is C[N+]1(C)[B-]C[N+](C)(C)[B-](F)C1. The third kappa shape index (κ3) is 1.97. The third-order valence-electron chi connectivity index (χ3n) is 2.43. The number of quaternary nitrogens is 2. The van der Waals surface area contributed by atoms with Crippen molar-refractivity contribution in [3.8, 4) is 0 Å². The number of rotatable bonds is 0. The van der Waals surface area contributed by atoms with Gasteiger partial charge in [-0.15, -0.1) is 0 Å². The average Bonchev–Trinajstić information content (AvgIpc) is 1.81. The molecule has 1 aliphatic heterocycles. The van der Waals surface area contributed by atoms with Crippen LogP contribution in [0.5, 0.6) is 0 Å². The molecule has 1 heterocycles. The van der Waals surface area contributed by atoms with Gasteiger partial charge in [-0.3, -0.25) is 0 Å². The molecule has 0 unspecified atom stereocenters. The summed E-state index contributed by atoms with van der Waals surface area (Å²) in [5, 5.41) is 0. The molecule has 0 saturated carbocycles. The topological polar surface area (TPSA) is 0 Å². The van der Waals surface area contributed by atoms with Crippen LogP contribution in [0.4, 0.5) is 4.32 Å². The Morgan fingerprint density at radius 3 is 2.18 bits per heavy atom. The lowest BCUT2D eigenvalue weighted by molar-refractivity contribution is -0.843. The molecule has 0 bridgehead atoms. The molecule has 1 aliphatic rings. The minimum absolute atomic E-state index is 0.474. The second-order valence-corrected chi connectivity index (χ2v) is 4.54. The normalized spacial score (nSPS) is 30.3. The van der Waals surface area contributed by atoms with Gasteiger partial charge in [0.2, 0.25) is 0 Å². The molecular weight excluding hydrogens is 141 g/mol. The van der Waals surface area contributed by atoms with Crippen LogP contribution in [-0.4, -0.2) is 64.4 Å². The summed E-state index contributed by atoms with van der Waals surface area (Å²) in [6, 6.07) is 0. The lowest BCUT2D eigenvalue weighted by Gasteiger charge is -2.60. The van der Waals surface area contributed by atoms with E-state index in [0.29, 0.717) is 15.2 Å². The predicted octanol–water partition coefficient (Wildman–Crippen LogP) is -0.274.